The molecular formula is C62H106O6. The number of ether oxygens (including phenoxy) is 3. The van der Waals surface area contributed by atoms with Crippen molar-refractivity contribution in [3.05, 3.63) is 85.1 Å². The molecule has 6 heteroatoms. The molecule has 1 unspecified atom stereocenters. The minimum Gasteiger partial charge on any atom is -0.462 e. The highest BCUT2D eigenvalue weighted by molar-refractivity contribution is 5.71. The predicted molar refractivity (Wildman–Crippen MR) is 293 cm³/mol. The zero-order valence-corrected chi connectivity index (χ0v) is 44.6. The number of unbranched alkanes of at least 4 members (excludes halogenated alkanes) is 26. The van der Waals surface area contributed by atoms with Gasteiger partial charge in [0.1, 0.15) is 13.2 Å². The van der Waals surface area contributed by atoms with E-state index >= 15 is 0 Å². The molecule has 0 saturated carbocycles. The van der Waals surface area contributed by atoms with Gasteiger partial charge in [0.05, 0.1) is 0 Å². The lowest BCUT2D eigenvalue weighted by molar-refractivity contribution is -0.166. The van der Waals surface area contributed by atoms with Crippen LogP contribution in [-0.4, -0.2) is 37.2 Å². The lowest BCUT2D eigenvalue weighted by atomic mass is 10.0. The summed E-state index contributed by atoms with van der Waals surface area (Å²) >= 11 is 0. The highest BCUT2D eigenvalue weighted by atomic mass is 16.6. The Hall–Kier alpha value is -3.41. The first-order valence-electron chi connectivity index (χ1n) is 28.6. The molecule has 0 bridgehead atoms. The molecule has 0 aliphatic heterocycles. The Morgan fingerprint density at radius 1 is 0.309 bits per heavy atom. The summed E-state index contributed by atoms with van der Waals surface area (Å²) in [6.07, 6.45) is 73.0. The summed E-state index contributed by atoms with van der Waals surface area (Å²) in [6, 6.07) is 0. The van der Waals surface area contributed by atoms with Crippen LogP contribution in [0.3, 0.4) is 0 Å². The fraction of sp³-hybridized carbons (Fsp3) is 0.726. The fourth-order valence-electron chi connectivity index (χ4n) is 7.88. The average molecular weight is 948 g/mol. The van der Waals surface area contributed by atoms with E-state index < -0.39 is 6.10 Å². The minimum atomic E-state index is -0.806. The van der Waals surface area contributed by atoms with Gasteiger partial charge in [0.2, 0.25) is 0 Å². The van der Waals surface area contributed by atoms with Crippen LogP contribution < -0.4 is 0 Å². The average Bonchev–Trinajstić information content (AvgIpc) is 3.34. The zero-order valence-electron chi connectivity index (χ0n) is 44.6. The summed E-state index contributed by atoms with van der Waals surface area (Å²) in [5.74, 6) is -0.983. The summed E-state index contributed by atoms with van der Waals surface area (Å²) in [6.45, 7) is 6.47. The van der Waals surface area contributed by atoms with Gasteiger partial charge in [0.25, 0.3) is 0 Å². The number of allylic oxidation sites excluding steroid dienone is 14. The van der Waals surface area contributed by atoms with E-state index in [-0.39, 0.29) is 37.5 Å². The van der Waals surface area contributed by atoms with Crippen LogP contribution in [0.4, 0.5) is 0 Å². The van der Waals surface area contributed by atoms with Gasteiger partial charge >= 0.3 is 17.9 Å². The van der Waals surface area contributed by atoms with Crippen LogP contribution in [0.15, 0.2) is 85.1 Å². The first-order valence-corrected chi connectivity index (χ1v) is 28.6. The molecule has 0 fully saturated rings. The maximum atomic E-state index is 12.9. The Balaban J connectivity index is 4.46. The van der Waals surface area contributed by atoms with Gasteiger partial charge in [-0.05, 0) is 83.5 Å². The smallest absolute Gasteiger partial charge is 0.306 e. The highest BCUT2D eigenvalue weighted by Gasteiger charge is 2.19. The van der Waals surface area contributed by atoms with Crippen LogP contribution in [0.5, 0.6) is 0 Å². The van der Waals surface area contributed by atoms with Gasteiger partial charge < -0.3 is 14.2 Å². The van der Waals surface area contributed by atoms with Crippen molar-refractivity contribution < 1.29 is 28.6 Å². The SMILES string of the molecule is CC/C=C\C/C=C\C/C=C\C/C=C\C/C=C\C/C=C\CCC(=O)OCC(COC(=O)CCCCCCCCCCCCCC)OC(=O)CCCCCCCCCCC/C=C\CCCCCCCC. The van der Waals surface area contributed by atoms with E-state index in [1.165, 1.54) is 148 Å². The molecule has 0 aliphatic rings. The summed E-state index contributed by atoms with van der Waals surface area (Å²) in [5.41, 5.74) is 0. The van der Waals surface area contributed by atoms with E-state index in [1.807, 2.05) is 6.08 Å². The second kappa shape index (κ2) is 56.2. The molecule has 0 rings (SSSR count). The first-order chi connectivity index (χ1) is 33.5. The van der Waals surface area contributed by atoms with Crippen LogP contribution in [-0.2, 0) is 28.6 Å². The van der Waals surface area contributed by atoms with Crippen molar-refractivity contribution in [1.29, 1.82) is 0 Å². The first kappa shape index (κ1) is 64.6. The largest absolute Gasteiger partial charge is 0.462 e. The molecule has 0 saturated heterocycles. The molecule has 0 aromatic heterocycles. The van der Waals surface area contributed by atoms with Gasteiger partial charge in [-0.2, -0.15) is 0 Å². The van der Waals surface area contributed by atoms with Gasteiger partial charge in [-0.1, -0.05) is 254 Å². The molecule has 68 heavy (non-hydrogen) atoms. The molecule has 390 valence electrons. The molecule has 1 atom stereocenters. The van der Waals surface area contributed by atoms with E-state index in [2.05, 4.69) is 99.8 Å². The van der Waals surface area contributed by atoms with E-state index in [9.17, 15) is 14.4 Å². The third-order valence-electron chi connectivity index (χ3n) is 12.1. The lowest BCUT2D eigenvalue weighted by Crippen LogP contribution is -2.30. The Labute approximate surface area is 420 Å². The molecule has 0 amide bonds. The molecule has 0 aromatic carbocycles. The number of hydrogen-bond acceptors (Lipinski definition) is 6. The third-order valence-corrected chi connectivity index (χ3v) is 12.1. The molecule has 6 nitrogen and oxygen atoms in total. The van der Waals surface area contributed by atoms with Crippen molar-refractivity contribution in [3.8, 4) is 0 Å². The molecule has 0 heterocycles. The maximum Gasteiger partial charge on any atom is 0.306 e. The number of carbonyl (C=O) groups is 3. The lowest BCUT2D eigenvalue weighted by Gasteiger charge is -2.18. The van der Waals surface area contributed by atoms with E-state index in [0.717, 1.165) is 77.0 Å². The molecule has 0 aliphatic carbocycles. The van der Waals surface area contributed by atoms with Crippen LogP contribution in [0.1, 0.15) is 271 Å². The highest BCUT2D eigenvalue weighted by Crippen LogP contribution is 2.15. The Morgan fingerprint density at radius 3 is 0.985 bits per heavy atom. The minimum absolute atomic E-state index is 0.0985. The Bertz CT molecular complexity index is 1320. The molecule has 0 aromatic rings. The van der Waals surface area contributed by atoms with E-state index in [1.54, 1.807) is 0 Å². The summed E-state index contributed by atoms with van der Waals surface area (Å²) in [7, 11) is 0. The van der Waals surface area contributed by atoms with Gasteiger partial charge in [-0.25, -0.2) is 0 Å². The van der Waals surface area contributed by atoms with Crippen LogP contribution >= 0.6 is 0 Å². The third kappa shape index (κ3) is 53.5. The van der Waals surface area contributed by atoms with Crippen molar-refractivity contribution in [1.82, 2.24) is 0 Å². The van der Waals surface area contributed by atoms with Gasteiger partial charge in [-0.15, -0.1) is 0 Å². The normalized spacial score (nSPS) is 12.7. The monoisotopic (exact) mass is 947 g/mol. The van der Waals surface area contributed by atoms with Crippen molar-refractivity contribution in [3.63, 3.8) is 0 Å². The van der Waals surface area contributed by atoms with Crippen LogP contribution in [0.25, 0.3) is 0 Å². The maximum absolute atomic E-state index is 12.9. The van der Waals surface area contributed by atoms with Crippen LogP contribution in [0.2, 0.25) is 0 Å². The zero-order chi connectivity index (χ0) is 49.3. The van der Waals surface area contributed by atoms with Crippen molar-refractivity contribution >= 4 is 17.9 Å². The Kier molecular flexibility index (Phi) is 53.4. The molecular weight excluding hydrogens is 841 g/mol. The van der Waals surface area contributed by atoms with E-state index in [4.69, 9.17) is 14.2 Å². The number of carbonyl (C=O) groups excluding carboxylic acids is 3. The summed E-state index contributed by atoms with van der Waals surface area (Å²) < 4.78 is 16.8. The molecule has 0 radical (unpaired) electrons. The van der Waals surface area contributed by atoms with Gasteiger partial charge in [-0.3, -0.25) is 14.4 Å². The van der Waals surface area contributed by atoms with Gasteiger partial charge in [0.15, 0.2) is 6.10 Å². The quantitative estimate of drug-likeness (QED) is 0.0262. The number of esters is 3. The van der Waals surface area contributed by atoms with Crippen molar-refractivity contribution in [2.24, 2.45) is 0 Å². The fourth-order valence-corrected chi connectivity index (χ4v) is 7.88. The predicted octanol–water partition coefficient (Wildman–Crippen LogP) is 19.2. The summed E-state index contributed by atoms with van der Waals surface area (Å²) in [4.78, 5) is 38.1. The van der Waals surface area contributed by atoms with Gasteiger partial charge in [0, 0.05) is 19.3 Å². The second-order valence-electron chi connectivity index (χ2n) is 18.8. The number of rotatable bonds is 51. The van der Waals surface area contributed by atoms with Crippen molar-refractivity contribution in [2.45, 2.75) is 277 Å². The Morgan fingerprint density at radius 2 is 0.603 bits per heavy atom. The molecule has 0 spiro atoms. The van der Waals surface area contributed by atoms with Crippen molar-refractivity contribution in [2.75, 3.05) is 13.2 Å². The molecule has 0 N–H and O–H groups in total. The topological polar surface area (TPSA) is 78.9 Å². The van der Waals surface area contributed by atoms with E-state index in [0.29, 0.717) is 19.3 Å². The van der Waals surface area contributed by atoms with Crippen LogP contribution in [0, 0.1) is 0 Å². The summed E-state index contributed by atoms with van der Waals surface area (Å²) in [5, 5.41) is 0. The number of hydrogen-bond donors (Lipinski definition) is 0. The second-order valence-corrected chi connectivity index (χ2v) is 18.8. The standard InChI is InChI=1S/C62H106O6/c1-4-7-10-13-16-19-22-25-27-29-31-33-35-37-40-43-46-49-52-55-61(64)67-58-59(57-66-60(63)54-51-48-45-42-39-24-21-18-15-12-9-6-3)68-62(65)56-53-50-47-44-41-38-36-34-32-30-28-26-23-20-17-14-11-8-5-2/h7,10,16,19,25-28,31,33,37,40,46,49,59H,4-6,8-9,11-15,17-18,20-24,29-30,32,34-36,38-39,41-45,47-48,50-58H2,1-3H3/b10-7-,19-16-,27-25-,28-26-,33-31-,40-37-,49-46-.